The van der Waals surface area contributed by atoms with E-state index in [1.54, 1.807) is 0 Å². The number of likely N-dealkylation sites (tertiary alicyclic amines) is 1. The molecule has 1 amide bonds. The van der Waals surface area contributed by atoms with Gasteiger partial charge in [0.1, 0.15) is 0 Å². The molecule has 2 aromatic heterocycles. The Kier molecular flexibility index (Phi) is 3.85. The summed E-state index contributed by atoms with van der Waals surface area (Å²) in [4.78, 5) is 16.9. The molecule has 0 aromatic carbocycles. The van der Waals surface area contributed by atoms with E-state index in [4.69, 9.17) is 11.6 Å². The molecule has 2 fully saturated rings. The van der Waals surface area contributed by atoms with E-state index in [-0.39, 0.29) is 5.92 Å². The highest BCUT2D eigenvalue weighted by molar-refractivity contribution is 6.33. The minimum Gasteiger partial charge on any atom is -0.342 e. The average Bonchev–Trinajstić information content (AvgIpc) is 3.24. The summed E-state index contributed by atoms with van der Waals surface area (Å²) in [5.74, 6) is 1.15. The number of rotatable bonds is 2. The second-order valence-electron chi connectivity index (χ2n) is 6.37. The van der Waals surface area contributed by atoms with Crippen molar-refractivity contribution in [3.8, 4) is 0 Å². The highest BCUT2D eigenvalue weighted by atomic mass is 35.5. The van der Waals surface area contributed by atoms with E-state index in [1.165, 1.54) is 0 Å². The average molecular weight is 334 g/mol. The molecule has 23 heavy (non-hydrogen) atoms. The maximum atomic E-state index is 12.7. The Hall–Kier alpha value is -1.82. The second kappa shape index (κ2) is 6.00. The van der Waals surface area contributed by atoms with Crippen molar-refractivity contribution in [1.29, 1.82) is 0 Å². The van der Waals surface area contributed by atoms with E-state index < -0.39 is 0 Å². The largest absolute Gasteiger partial charge is 0.342 e. The first kappa shape index (κ1) is 14.8. The molecule has 2 aliphatic rings. The number of carbonyl (C=O) groups excluding carboxylic acids is 1. The minimum absolute atomic E-state index is 0.0633. The third-order valence-corrected chi connectivity index (χ3v) is 5.14. The van der Waals surface area contributed by atoms with Gasteiger partial charge in [0.2, 0.25) is 11.9 Å². The van der Waals surface area contributed by atoms with E-state index in [0.29, 0.717) is 23.1 Å². The van der Waals surface area contributed by atoms with Crippen LogP contribution in [0.5, 0.6) is 0 Å². The Morgan fingerprint density at radius 2 is 2.00 bits per heavy atom. The van der Waals surface area contributed by atoms with Crippen LogP contribution in [0.3, 0.4) is 0 Å². The van der Waals surface area contributed by atoms with Crippen molar-refractivity contribution in [3.05, 3.63) is 23.4 Å². The molecule has 0 bridgehead atoms. The molecule has 2 aliphatic heterocycles. The van der Waals surface area contributed by atoms with Crippen LogP contribution in [0.2, 0.25) is 5.02 Å². The van der Waals surface area contributed by atoms with E-state index >= 15 is 0 Å². The Balaban J connectivity index is 1.56. The van der Waals surface area contributed by atoms with Crippen molar-refractivity contribution >= 4 is 29.1 Å². The zero-order valence-corrected chi connectivity index (χ0v) is 13.7. The molecule has 122 valence electrons. The molecule has 4 heterocycles. The molecule has 4 rings (SSSR count). The number of pyridine rings is 1. The Bertz CT molecular complexity index is 724. The first-order chi connectivity index (χ1) is 11.2. The summed E-state index contributed by atoms with van der Waals surface area (Å²) in [5.41, 5.74) is 0.664. The fourth-order valence-corrected chi connectivity index (χ4v) is 3.84. The molecular formula is C16H20ClN5O. The summed E-state index contributed by atoms with van der Waals surface area (Å²) < 4.78 is 1.91. The molecule has 2 aromatic rings. The molecule has 0 aliphatic carbocycles. The van der Waals surface area contributed by atoms with Crippen molar-refractivity contribution in [3.63, 3.8) is 0 Å². The molecule has 2 saturated heterocycles. The SMILES string of the molecule is O=C(C1CCCN(c2nnc3c(Cl)cccn23)C1)N1CCCC1. The number of nitrogens with zero attached hydrogens (tertiary/aromatic N) is 5. The normalized spacial score (nSPS) is 22.0. The number of halogens is 1. The molecule has 7 heteroatoms. The van der Waals surface area contributed by atoms with Crippen LogP contribution in [0.25, 0.3) is 5.65 Å². The number of piperidine rings is 1. The Labute approximate surface area is 140 Å². The van der Waals surface area contributed by atoms with Crippen molar-refractivity contribution < 1.29 is 4.79 Å². The van der Waals surface area contributed by atoms with Gasteiger partial charge in [0.15, 0.2) is 5.65 Å². The Morgan fingerprint density at radius 3 is 2.83 bits per heavy atom. The zero-order chi connectivity index (χ0) is 15.8. The first-order valence-corrected chi connectivity index (χ1v) is 8.65. The quantitative estimate of drug-likeness (QED) is 0.845. The van der Waals surface area contributed by atoms with Crippen LogP contribution in [0, 0.1) is 5.92 Å². The van der Waals surface area contributed by atoms with Crippen molar-refractivity contribution in [2.24, 2.45) is 5.92 Å². The predicted octanol–water partition coefficient (Wildman–Crippen LogP) is 2.22. The summed E-state index contributed by atoms with van der Waals surface area (Å²) in [5, 5.41) is 9.08. The number of fused-ring (bicyclic) bond motifs is 1. The van der Waals surface area contributed by atoms with Gasteiger partial charge in [-0.05, 0) is 37.8 Å². The summed E-state index contributed by atoms with van der Waals surface area (Å²) in [6.45, 7) is 3.44. The zero-order valence-electron chi connectivity index (χ0n) is 13.0. The topological polar surface area (TPSA) is 53.7 Å². The van der Waals surface area contributed by atoms with E-state index in [2.05, 4.69) is 15.1 Å². The van der Waals surface area contributed by atoms with Gasteiger partial charge in [0, 0.05) is 32.4 Å². The summed E-state index contributed by atoms with van der Waals surface area (Å²) in [6.07, 6.45) is 6.15. The molecule has 1 unspecified atom stereocenters. The highest BCUT2D eigenvalue weighted by Gasteiger charge is 2.32. The van der Waals surface area contributed by atoms with Gasteiger partial charge in [-0.1, -0.05) is 11.6 Å². The van der Waals surface area contributed by atoms with Gasteiger partial charge in [-0.2, -0.15) is 0 Å². The number of hydrogen-bond acceptors (Lipinski definition) is 4. The number of hydrogen-bond donors (Lipinski definition) is 0. The molecular weight excluding hydrogens is 314 g/mol. The van der Waals surface area contributed by atoms with Gasteiger partial charge < -0.3 is 9.80 Å². The van der Waals surface area contributed by atoms with E-state index in [0.717, 1.165) is 51.3 Å². The maximum Gasteiger partial charge on any atom is 0.231 e. The molecule has 0 N–H and O–H groups in total. The van der Waals surface area contributed by atoms with Gasteiger partial charge in [-0.25, -0.2) is 0 Å². The lowest BCUT2D eigenvalue weighted by Gasteiger charge is -2.33. The van der Waals surface area contributed by atoms with Crippen LogP contribution < -0.4 is 4.90 Å². The maximum absolute atomic E-state index is 12.7. The number of anilines is 1. The van der Waals surface area contributed by atoms with Gasteiger partial charge in [-0.15, -0.1) is 10.2 Å². The molecule has 0 spiro atoms. The van der Waals surface area contributed by atoms with Crippen LogP contribution in [-0.2, 0) is 4.79 Å². The van der Waals surface area contributed by atoms with Crippen molar-refractivity contribution in [2.75, 3.05) is 31.1 Å². The predicted molar refractivity (Wildman–Crippen MR) is 88.7 cm³/mol. The lowest BCUT2D eigenvalue weighted by atomic mass is 9.97. The molecule has 0 radical (unpaired) electrons. The highest BCUT2D eigenvalue weighted by Crippen LogP contribution is 2.26. The van der Waals surface area contributed by atoms with Crippen LogP contribution in [0.15, 0.2) is 18.3 Å². The van der Waals surface area contributed by atoms with Crippen molar-refractivity contribution in [2.45, 2.75) is 25.7 Å². The van der Waals surface area contributed by atoms with Crippen LogP contribution >= 0.6 is 11.6 Å². The summed E-state index contributed by atoms with van der Waals surface area (Å²) in [7, 11) is 0. The second-order valence-corrected chi connectivity index (χ2v) is 6.77. The summed E-state index contributed by atoms with van der Waals surface area (Å²) in [6, 6.07) is 3.70. The molecule has 0 saturated carbocycles. The van der Waals surface area contributed by atoms with E-state index in [1.807, 2.05) is 27.6 Å². The minimum atomic E-state index is 0.0633. The van der Waals surface area contributed by atoms with Gasteiger partial charge in [0.25, 0.3) is 0 Å². The van der Waals surface area contributed by atoms with Crippen molar-refractivity contribution in [1.82, 2.24) is 19.5 Å². The molecule has 1 atom stereocenters. The third-order valence-electron chi connectivity index (χ3n) is 4.84. The van der Waals surface area contributed by atoms with E-state index in [9.17, 15) is 4.79 Å². The fourth-order valence-electron chi connectivity index (χ4n) is 3.64. The first-order valence-electron chi connectivity index (χ1n) is 8.27. The Morgan fingerprint density at radius 1 is 1.17 bits per heavy atom. The fraction of sp³-hybridized carbons (Fsp3) is 0.562. The third kappa shape index (κ3) is 2.65. The van der Waals surface area contributed by atoms with Gasteiger partial charge in [0.05, 0.1) is 10.9 Å². The van der Waals surface area contributed by atoms with Crippen LogP contribution in [0.1, 0.15) is 25.7 Å². The lowest BCUT2D eigenvalue weighted by molar-refractivity contribution is -0.134. The van der Waals surface area contributed by atoms with Crippen LogP contribution in [-0.4, -0.2) is 51.6 Å². The monoisotopic (exact) mass is 333 g/mol. The van der Waals surface area contributed by atoms with Gasteiger partial charge >= 0.3 is 0 Å². The number of carbonyl (C=O) groups is 1. The summed E-state index contributed by atoms with van der Waals surface area (Å²) >= 11 is 6.17. The number of amides is 1. The molecule has 6 nitrogen and oxygen atoms in total. The standard InChI is InChI=1S/C16H20ClN5O/c17-13-6-4-10-22-14(13)18-19-16(22)21-9-3-5-12(11-21)15(23)20-7-1-2-8-20/h4,6,10,12H,1-3,5,7-9,11H2. The lowest BCUT2D eigenvalue weighted by Crippen LogP contribution is -2.44. The number of aromatic nitrogens is 3. The smallest absolute Gasteiger partial charge is 0.231 e. The van der Waals surface area contributed by atoms with Gasteiger partial charge in [-0.3, -0.25) is 9.20 Å². The van der Waals surface area contributed by atoms with Crippen LogP contribution in [0.4, 0.5) is 5.95 Å².